The Hall–Kier alpha value is -2.82. The van der Waals surface area contributed by atoms with Crippen LogP contribution in [0.25, 0.3) is 0 Å². The van der Waals surface area contributed by atoms with E-state index in [1.165, 1.54) is 7.11 Å². The number of benzene rings is 2. The summed E-state index contributed by atoms with van der Waals surface area (Å²) in [6, 6.07) is 15.3. The van der Waals surface area contributed by atoms with Gasteiger partial charge in [0, 0.05) is 17.8 Å². The van der Waals surface area contributed by atoms with Crippen LogP contribution in [0.4, 0.5) is 11.4 Å². The molecule has 0 radical (unpaired) electrons. The van der Waals surface area contributed by atoms with E-state index in [4.69, 9.17) is 5.73 Å². The van der Waals surface area contributed by atoms with E-state index in [0.29, 0.717) is 17.8 Å². The highest BCUT2D eigenvalue weighted by Crippen LogP contribution is 2.22. The minimum Gasteiger partial charge on any atom is -0.469 e. The molecular formula is C18H20N2O3. The number of anilines is 2. The molecule has 2 aromatic rings. The summed E-state index contributed by atoms with van der Waals surface area (Å²) in [4.78, 5) is 23.1. The molecular weight excluding hydrogens is 292 g/mol. The first-order valence-corrected chi connectivity index (χ1v) is 7.37. The van der Waals surface area contributed by atoms with Gasteiger partial charge in [-0.3, -0.25) is 9.59 Å². The lowest BCUT2D eigenvalue weighted by atomic mass is 10.0. The molecule has 0 heterocycles. The number of hydrogen-bond donors (Lipinski definition) is 2. The molecule has 5 heteroatoms. The SMILES string of the molecule is COC(=O)CCC(=O)Nc1ccc(N)cc1Cc1ccccc1. The normalized spacial score (nSPS) is 10.1. The Kier molecular flexibility index (Phi) is 5.74. The number of ether oxygens (including phenoxy) is 1. The number of amides is 1. The molecule has 0 spiro atoms. The molecule has 0 atom stereocenters. The van der Waals surface area contributed by atoms with Crippen LogP contribution < -0.4 is 11.1 Å². The standard InChI is InChI=1S/C18H20N2O3/c1-23-18(22)10-9-17(21)20-16-8-7-15(19)12-14(16)11-13-5-3-2-4-6-13/h2-8,12H,9-11,19H2,1H3,(H,20,21). The van der Waals surface area contributed by atoms with Crippen LogP contribution in [0.1, 0.15) is 24.0 Å². The Morgan fingerprint density at radius 2 is 1.83 bits per heavy atom. The van der Waals surface area contributed by atoms with Crippen molar-refractivity contribution in [2.24, 2.45) is 0 Å². The second-order valence-electron chi connectivity index (χ2n) is 5.20. The van der Waals surface area contributed by atoms with Gasteiger partial charge in [-0.1, -0.05) is 30.3 Å². The molecule has 0 saturated heterocycles. The molecule has 0 aliphatic carbocycles. The van der Waals surface area contributed by atoms with Gasteiger partial charge < -0.3 is 15.8 Å². The summed E-state index contributed by atoms with van der Waals surface area (Å²) in [5, 5.41) is 2.84. The fourth-order valence-corrected chi connectivity index (χ4v) is 2.23. The van der Waals surface area contributed by atoms with Gasteiger partial charge in [0.1, 0.15) is 0 Å². The van der Waals surface area contributed by atoms with Crippen molar-refractivity contribution in [1.82, 2.24) is 0 Å². The van der Waals surface area contributed by atoms with Crippen LogP contribution in [0.5, 0.6) is 0 Å². The monoisotopic (exact) mass is 312 g/mol. The molecule has 0 fully saturated rings. The fraction of sp³-hybridized carbons (Fsp3) is 0.222. The maximum atomic E-state index is 12.0. The zero-order valence-corrected chi connectivity index (χ0v) is 13.0. The molecule has 5 nitrogen and oxygen atoms in total. The van der Waals surface area contributed by atoms with Crippen LogP contribution >= 0.6 is 0 Å². The lowest BCUT2D eigenvalue weighted by Crippen LogP contribution is -2.15. The van der Waals surface area contributed by atoms with Crippen molar-refractivity contribution in [3.05, 3.63) is 59.7 Å². The van der Waals surface area contributed by atoms with Crippen molar-refractivity contribution in [2.75, 3.05) is 18.2 Å². The quantitative estimate of drug-likeness (QED) is 0.635. The first kappa shape index (κ1) is 16.5. The number of carbonyl (C=O) groups excluding carboxylic acids is 2. The highest BCUT2D eigenvalue weighted by molar-refractivity contribution is 5.93. The fourth-order valence-electron chi connectivity index (χ4n) is 2.23. The summed E-state index contributed by atoms with van der Waals surface area (Å²) in [5.41, 5.74) is 9.26. The van der Waals surface area contributed by atoms with Crippen LogP contribution in [-0.2, 0) is 20.7 Å². The van der Waals surface area contributed by atoms with E-state index in [9.17, 15) is 9.59 Å². The van der Waals surface area contributed by atoms with E-state index < -0.39 is 5.97 Å². The third-order valence-corrected chi connectivity index (χ3v) is 3.42. The van der Waals surface area contributed by atoms with Gasteiger partial charge in [0.2, 0.25) is 5.91 Å². The predicted molar refractivity (Wildman–Crippen MR) is 90.0 cm³/mol. The number of methoxy groups -OCH3 is 1. The average Bonchev–Trinajstić information content (AvgIpc) is 2.56. The first-order chi connectivity index (χ1) is 11.1. The van der Waals surface area contributed by atoms with Gasteiger partial charge in [-0.2, -0.15) is 0 Å². The molecule has 2 rings (SSSR count). The largest absolute Gasteiger partial charge is 0.469 e. The van der Waals surface area contributed by atoms with Crippen LogP contribution in [-0.4, -0.2) is 19.0 Å². The molecule has 0 unspecified atom stereocenters. The Labute approximate surface area is 135 Å². The maximum absolute atomic E-state index is 12.0. The van der Waals surface area contributed by atoms with Gasteiger partial charge in [-0.25, -0.2) is 0 Å². The van der Waals surface area contributed by atoms with E-state index in [1.54, 1.807) is 12.1 Å². The van der Waals surface area contributed by atoms with Crippen LogP contribution in [0, 0.1) is 0 Å². The van der Waals surface area contributed by atoms with Crippen molar-refractivity contribution in [3.63, 3.8) is 0 Å². The third-order valence-electron chi connectivity index (χ3n) is 3.42. The van der Waals surface area contributed by atoms with Crippen molar-refractivity contribution in [1.29, 1.82) is 0 Å². The van der Waals surface area contributed by atoms with E-state index in [1.807, 2.05) is 36.4 Å². The van der Waals surface area contributed by atoms with Gasteiger partial charge in [0.05, 0.1) is 13.5 Å². The highest BCUT2D eigenvalue weighted by atomic mass is 16.5. The van der Waals surface area contributed by atoms with Crippen molar-refractivity contribution < 1.29 is 14.3 Å². The van der Waals surface area contributed by atoms with Gasteiger partial charge in [-0.05, 0) is 35.7 Å². The maximum Gasteiger partial charge on any atom is 0.306 e. The summed E-state index contributed by atoms with van der Waals surface area (Å²) in [6.45, 7) is 0. The van der Waals surface area contributed by atoms with E-state index in [2.05, 4.69) is 10.1 Å². The van der Waals surface area contributed by atoms with Crippen molar-refractivity contribution >= 4 is 23.3 Å². The summed E-state index contributed by atoms with van der Waals surface area (Å²) in [7, 11) is 1.30. The molecule has 1 amide bonds. The highest BCUT2D eigenvalue weighted by Gasteiger charge is 2.10. The molecule has 2 aromatic carbocycles. The molecule has 120 valence electrons. The molecule has 0 saturated carbocycles. The minimum atomic E-state index is -0.401. The molecule has 0 aliphatic heterocycles. The number of nitrogen functional groups attached to an aromatic ring is 1. The van der Waals surface area contributed by atoms with Gasteiger partial charge >= 0.3 is 5.97 Å². The second kappa shape index (κ2) is 7.98. The first-order valence-electron chi connectivity index (χ1n) is 7.37. The number of carbonyl (C=O) groups is 2. The minimum absolute atomic E-state index is 0.0608. The van der Waals surface area contributed by atoms with Crippen LogP contribution in [0.15, 0.2) is 48.5 Å². The van der Waals surface area contributed by atoms with Gasteiger partial charge in [0.25, 0.3) is 0 Å². The summed E-state index contributed by atoms with van der Waals surface area (Å²) in [6.07, 6.45) is 0.811. The average molecular weight is 312 g/mol. The molecule has 23 heavy (non-hydrogen) atoms. The van der Waals surface area contributed by atoms with Crippen LogP contribution in [0.3, 0.4) is 0 Å². The van der Waals surface area contributed by atoms with Crippen molar-refractivity contribution in [2.45, 2.75) is 19.3 Å². The zero-order valence-electron chi connectivity index (χ0n) is 13.0. The Balaban J connectivity index is 2.09. The Bertz CT molecular complexity index is 684. The zero-order chi connectivity index (χ0) is 16.7. The van der Waals surface area contributed by atoms with Gasteiger partial charge in [0.15, 0.2) is 0 Å². The molecule has 3 N–H and O–H groups in total. The Morgan fingerprint density at radius 3 is 2.52 bits per heavy atom. The third kappa shape index (κ3) is 5.14. The van der Waals surface area contributed by atoms with Gasteiger partial charge in [-0.15, -0.1) is 0 Å². The van der Waals surface area contributed by atoms with Crippen LogP contribution in [0.2, 0.25) is 0 Å². The van der Waals surface area contributed by atoms with E-state index in [-0.39, 0.29) is 18.7 Å². The summed E-state index contributed by atoms with van der Waals surface area (Å²) >= 11 is 0. The topological polar surface area (TPSA) is 81.4 Å². The number of nitrogens with one attached hydrogen (secondary N) is 1. The molecule has 0 aromatic heterocycles. The molecule has 0 bridgehead atoms. The lowest BCUT2D eigenvalue weighted by Gasteiger charge is -2.12. The molecule has 0 aliphatic rings. The lowest BCUT2D eigenvalue weighted by molar-refractivity contribution is -0.141. The summed E-state index contributed by atoms with van der Waals surface area (Å²) in [5.74, 6) is -0.628. The van der Waals surface area contributed by atoms with E-state index in [0.717, 1.165) is 11.1 Å². The number of rotatable bonds is 6. The number of nitrogens with two attached hydrogens (primary N) is 1. The van der Waals surface area contributed by atoms with Crippen molar-refractivity contribution in [3.8, 4) is 0 Å². The summed E-state index contributed by atoms with van der Waals surface area (Å²) < 4.78 is 4.53. The second-order valence-corrected chi connectivity index (χ2v) is 5.20. The van der Waals surface area contributed by atoms with E-state index >= 15 is 0 Å². The number of esters is 1. The predicted octanol–water partition coefficient (Wildman–Crippen LogP) is 2.75. The smallest absolute Gasteiger partial charge is 0.306 e. The number of hydrogen-bond acceptors (Lipinski definition) is 4. The Morgan fingerprint density at radius 1 is 1.09 bits per heavy atom.